The fourth-order valence-electron chi connectivity index (χ4n) is 2.12. The van der Waals surface area contributed by atoms with Gasteiger partial charge in [0, 0.05) is 4.90 Å². The van der Waals surface area contributed by atoms with Gasteiger partial charge in [-0.1, -0.05) is 47.4 Å². The molecule has 1 heterocycles. The van der Waals surface area contributed by atoms with Crippen LogP contribution in [0.5, 0.6) is 5.75 Å². The van der Waals surface area contributed by atoms with E-state index in [9.17, 15) is 4.79 Å². The zero-order valence-corrected chi connectivity index (χ0v) is 14.6. The van der Waals surface area contributed by atoms with Crippen LogP contribution in [0, 0.1) is 0 Å². The second-order valence-electron chi connectivity index (χ2n) is 4.88. The predicted octanol–water partition coefficient (Wildman–Crippen LogP) is 3.88. The van der Waals surface area contributed by atoms with Crippen molar-refractivity contribution in [3.63, 3.8) is 0 Å². The minimum Gasteiger partial charge on any atom is -0.497 e. The lowest BCUT2D eigenvalue weighted by atomic mass is 10.1. The first-order chi connectivity index (χ1) is 11.7. The zero-order chi connectivity index (χ0) is 16.8. The highest BCUT2D eigenvalue weighted by molar-refractivity contribution is 8.01. The Morgan fingerprint density at radius 2 is 2.12 bits per heavy atom. The minimum absolute atomic E-state index is 0.0754. The molecule has 0 atom stereocenters. The number of benzene rings is 2. The molecule has 1 aromatic heterocycles. The molecule has 0 saturated carbocycles. The van der Waals surface area contributed by atoms with E-state index in [1.165, 1.54) is 23.1 Å². The monoisotopic (exact) mass is 357 g/mol. The topological polar surface area (TPSA) is 64.1 Å². The molecule has 7 heteroatoms. The lowest BCUT2D eigenvalue weighted by molar-refractivity contribution is -0.115. The van der Waals surface area contributed by atoms with Crippen molar-refractivity contribution in [2.45, 2.75) is 15.7 Å². The number of anilines is 1. The third-order valence-corrected chi connectivity index (χ3v) is 5.05. The molecule has 0 spiro atoms. The average Bonchev–Trinajstić information content (AvgIpc) is 3.10. The number of ether oxygens (including phenoxy) is 1. The first-order valence-corrected chi connectivity index (χ1v) is 8.90. The summed E-state index contributed by atoms with van der Waals surface area (Å²) >= 11 is 2.95. The van der Waals surface area contributed by atoms with E-state index in [2.05, 4.69) is 15.5 Å². The quantitative estimate of drug-likeness (QED) is 0.725. The Balaban J connectivity index is 1.70. The second-order valence-corrected chi connectivity index (χ2v) is 7.00. The number of aromatic nitrogens is 2. The third kappa shape index (κ3) is 4.33. The Kier molecular flexibility index (Phi) is 5.45. The maximum atomic E-state index is 12.3. The smallest absolute Gasteiger partial charge is 0.228 e. The summed E-state index contributed by atoms with van der Waals surface area (Å²) in [5.41, 5.74) is 3.36. The van der Waals surface area contributed by atoms with Gasteiger partial charge in [0.1, 0.15) is 11.3 Å². The second kappa shape index (κ2) is 7.94. The van der Waals surface area contributed by atoms with Crippen molar-refractivity contribution in [1.82, 2.24) is 10.2 Å². The highest BCUT2D eigenvalue weighted by atomic mass is 32.2. The molecule has 0 bridgehead atoms. The molecule has 0 saturated heterocycles. The van der Waals surface area contributed by atoms with Crippen molar-refractivity contribution < 1.29 is 9.53 Å². The Morgan fingerprint density at radius 3 is 2.92 bits per heavy atom. The van der Waals surface area contributed by atoms with Gasteiger partial charge in [0.25, 0.3) is 0 Å². The van der Waals surface area contributed by atoms with Gasteiger partial charge in [-0.2, -0.15) is 0 Å². The lowest BCUT2D eigenvalue weighted by Crippen LogP contribution is -2.14. The molecule has 122 valence electrons. The van der Waals surface area contributed by atoms with Gasteiger partial charge in [0.15, 0.2) is 4.34 Å². The van der Waals surface area contributed by atoms with E-state index in [4.69, 9.17) is 4.74 Å². The largest absolute Gasteiger partial charge is 0.497 e. The minimum atomic E-state index is -0.0754. The molecule has 0 fully saturated rings. The SMILES string of the molecule is COc1cccc(CC(=O)Nc2ccccc2Sc2nncs2)c1. The lowest BCUT2D eigenvalue weighted by Gasteiger charge is -2.10. The molecule has 5 nitrogen and oxygen atoms in total. The molecular formula is C17H15N3O2S2. The molecule has 0 aliphatic carbocycles. The van der Waals surface area contributed by atoms with Crippen LogP contribution in [0.15, 0.2) is 63.3 Å². The van der Waals surface area contributed by atoms with E-state index in [0.717, 1.165) is 26.2 Å². The van der Waals surface area contributed by atoms with Crippen LogP contribution in [0.4, 0.5) is 5.69 Å². The summed E-state index contributed by atoms with van der Waals surface area (Å²) < 4.78 is 6.02. The van der Waals surface area contributed by atoms with E-state index in [-0.39, 0.29) is 12.3 Å². The molecule has 3 rings (SSSR count). The molecule has 0 radical (unpaired) electrons. The average molecular weight is 357 g/mol. The highest BCUT2D eigenvalue weighted by Gasteiger charge is 2.10. The molecular weight excluding hydrogens is 342 g/mol. The van der Waals surface area contributed by atoms with E-state index in [1.807, 2.05) is 48.5 Å². The molecule has 2 aromatic carbocycles. The maximum absolute atomic E-state index is 12.3. The summed E-state index contributed by atoms with van der Waals surface area (Å²) in [6.07, 6.45) is 0.287. The Labute approximate surface area is 148 Å². The molecule has 0 unspecified atom stereocenters. The van der Waals surface area contributed by atoms with Crippen molar-refractivity contribution in [1.29, 1.82) is 0 Å². The van der Waals surface area contributed by atoms with Crippen molar-refractivity contribution >= 4 is 34.7 Å². The van der Waals surface area contributed by atoms with Crippen LogP contribution >= 0.6 is 23.1 Å². The first-order valence-electron chi connectivity index (χ1n) is 7.20. The van der Waals surface area contributed by atoms with Crippen LogP contribution in [0.1, 0.15) is 5.56 Å². The van der Waals surface area contributed by atoms with E-state index >= 15 is 0 Å². The van der Waals surface area contributed by atoms with Crippen molar-refractivity contribution in [3.8, 4) is 5.75 Å². The Morgan fingerprint density at radius 1 is 1.25 bits per heavy atom. The molecule has 24 heavy (non-hydrogen) atoms. The van der Waals surface area contributed by atoms with Crippen molar-refractivity contribution in [2.75, 3.05) is 12.4 Å². The van der Waals surface area contributed by atoms with Crippen molar-refractivity contribution in [3.05, 3.63) is 59.6 Å². The van der Waals surface area contributed by atoms with Crippen LogP contribution in [0.25, 0.3) is 0 Å². The van der Waals surface area contributed by atoms with Crippen molar-refractivity contribution in [2.24, 2.45) is 0 Å². The number of nitrogens with zero attached hydrogens (tertiary/aromatic N) is 2. The van der Waals surface area contributed by atoms with Gasteiger partial charge in [0.2, 0.25) is 5.91 Å². The molecule has 1 amide bonds. The number of hydrogen-bond donors (Lipinski definition) is 1. The van der Waals surface area contributed by atoms with Gasteiger partial charge >= 0.3 is 0 Å². The summed E-state index contributed by atoms with van der Waals surface area (Å²) in [5, 5.41) is 10.8. The molecule has 3 aromatic rings. The number of nitrogens with one attached hydrogen (secondary N) is 1. The maximum Gasteiger partial charge on any atom is 0.228 e. The third-order valence-electron chi connectivity index (χ3n) is 3.20. The number of rotatable bonds is 6. The predicted molar refractivity (Wildman–Crippen MR) is 95.8 cm³/mol. The van der Waals surface area contributed by atoms with Crippen LogP contribution in [-0.2, 0) is 11.2 Å². The van der Waals surface area contributed by atoms with Gasteiger partial charge in [-0.15, -0.1) is 10.2 Å². The van der Waals surface area contributed by atoms with Gasteiger partial charge in [0.05, 0.1) is 19.2 Å². The molecule has 1 N–H and O–H groups in total. The number of hydrogen-bond acceptors (Lipinski definition) is 6. The zero-order valence-electron chi connectivity index (χ0n) is 12.9. The number of amides is 1. The standard InChI is InChI=1S/C17H15N3O2S2/c1-22-13-6-4-5-12(9-13)10-16(21)19-14-7-2-3-8-15(14)24-17-20-18-11-23-17/h2-9,11H,10H2,1H3,(H,19,21). The summed E-state index contributed by atoms with van der Waals surface area (Å²) in [6, 6.07) is 15.2. The van der Waals surface area contributed by atoms with Crippen LogP contribution in [-0.4, -0.2) is 23.2 Å². The summed E-state index contributed by atoms with van der Waals surface area (Å²) in [7, 11) is 1.61. The summed E-state index contributed by atoms with van der Waals surface area (Å²) in [6.45, 7) is 0. The number of methoxy groups -OCH3 is 1. The fourth-order valence-corrected chi connectivity index (χ4v) is 3.64. The van der Waals surface area contributed by atoms with Crippen LogP contribution < -0.4 is 10.1 Å². The Bertz CT molecular complexity index is 822. The Hall–Kier alpha value is -2.38. The number of carbonyl (C=O) groups excluding carboxylic acids is 1. The van der Waals surface area contributed by atoms with E-state index in [1.54, 1.807) is 12.6 Å². The van der Waals surface area contributed by atoms with E-state index in [0.29, 0.717) is 0 Å². The van der Waals surface area contributed by atoms with Gasteiger partial charge in [-0.25, -0.2) is 0 Å². The normalized spacial score (nSPS) is 10.4. The van der Waals surface area contributed by atoms with Gasteiger partial charge in [-0.3, -0.25) is 4.79 Å². The van der Waals surface area contributed by atoms with E-state index < -0.39 is 0 Å². The molecule has 0 aliphatic rings. The summed E-state index contributed by atoms with van der Waals surface area (Å²) in [4.78, 5) is 13.3. The summed E-state index contributed by atoms with van der Waals surface area (Å²) in [5.74, 6) is 0.668. The van der Waals surface area contributed by atoms with Gasteiger partial charge in [-0.05, 0) is 29.8 Å². The van der Waals surface area contributed by atoms with Gasteiger partial charge < -0.3 is 10.1 Å². The number of carbonyl (C=O) groups is 1. The highest BCUT2D eigenvalue weighted by Crippen LogP contribution is 2.33. The fraction of sp³-hybridized carbons (Fsp3) is 0.118. The van der Waals surface area contributed by atoms with Crippen LogP contribution in [0.2, 0.25) is 0 Å². The number of para-hydroxylation sites is 1. The van der Waals surface area contributed by atoms with Crippen LogP contribution in [0.3, 0.4) is 0 Å². The molecule has 0 aliphatic heterocycles. The first kappa shape index (κ1) is 16.5.